The Morgan fingerprint density at radius 1 is 1.40 bits per heavy atom. The third-order valence-electron chi connectivity index (χ3n) is 3.13. The van der Waals surface area contributed by atoms with E-state index < -0.39 is 11.7 Å². The first-order valence-corrected chi connectivity index (χ1v) is 5.88. The maximum absolute atomic E-state index is 12.8. The van der Waals surface area contributed by atoms with Crippen molar-refractivity contribution in [2.75, 3.05) is 18.6 Å². The monoisotopic (exact) mass is 283 g/mol. The normalized spacial score (nSPS) is 19.1. The van der Waals surface area contributed by atoms with E-state index in [4.69, 9.17) is 11.2 Å². The van der Waals surface area contributed by atoms with Gasteiger partial charge in [-0.15, -0.1) is 12.3 Å². The zero-order valence-electron chi connectivity index (χ0n) is 10.7. The van der Waals surface area contributed by atoms with Gasteiger partial charge in [-0.05, 0) is 12.1 Å². The van der Waals surface area contributed by atoms with E-state index >= 15 is 0 Å². The van der Waals surface area contributed by atoms with Gasteiger partial charge in [0.25, 0.3) is 0 Å². The Kier molecular flexibility index (Phi) is 3.62. The van der Waals surface area contributed by atoms with Crippen molar-refractivity contribution in [2.24, 2.45) is 5.92 Å². The fraction of sp³-hybridized carbons (Fsp3) is 0.357. The smallest absolute Gasteiger partial charge is 0.416 e. The van der Waals surface area contributed by atoms with Crippen molar-refractivity contribution in [3.63, 3.8) is 0 Å². The summed E-state index contributed by atoms with van der Waals surface area (Å²) in [5.41, 5.74) is -0.705. The fourth-order valence-corrected chi connectivity index (χ4v) is 2.09. The summed E-state index contributed by atoms with van der Waals surface area (Å²) in [6.45, 7) is 0.222. The predicted octanol–water partition coefficient (Wildman–Crippen LogP) is 2.70. The van der Waals surface area contributed by atoms with Gasteiger partial charge in [-0.2, -0.15) is 13.2 Å². The molecular weight excluding hydrogens is 271 g/mol. The van der Waals surface area contributed by atoms with Crippen molar-refractivity contribution in [3.8, 4) is 18.1 Å². The molecule has 1 heterocycles. The van der Waals surface area contributed by atoms with E-state index in [9.17, 15) is 18.0 Å². The number of rotatable bonds is 2. The summed E-state index contributed by atoms with van der Waals surface area (Å²) < 4.78 is 43.3. The van der Waals surface area contributed by atoms with Crippen LogP contribution in [0.3, 0.4) is 0 Å². The Hall–Kier alpha value is -2.16. The van der Waals surface area contributed by atoms with Crippen molar-refractivity contribution < 1.29 is 22.7 Å². The standard InChI is InChI=1S/C14H12F3NO2/c1-3-9-4-13(19)18(8-9)11-5-10(14(15,16)17)6-12(7-11)20-2/h1,5-7,9H,4,8H2,2H3. The number of hydrogen-bond donors (Lipinski definition) is 0. The van der Waals surface area contributed by atoms with E-state index in [1.165, 1.54) is 18.1 Å². The third kappa shape index (κ3) is 2.72. The quantitative estimate of drug-likeness (QED) is 0.781. The van der Waals surface area contributed by atoms with Crippen LogP contribution in [-0.4, -0.2) is 19.6 Å². The molecule has 0 saturated carbocycles. The van der Waals surface area contributed by atoms with Crippen LogP contribution in [0.1, 0.15) is 12.0 Å². The van der Waals surface area contributed by atoms with Crippen LogP contribution < -0.4 is 9.64 Å². The number of benzene rings is 1. The molecule has 1 saturated heterocycles. The highest BCUT2D eigenvalue weighted by atomic mass is 19.4. The molecule has 3 nitrogen and oxygen atoms in total. The molecule has 106 valence electrons. The largest absolute Gasteiger partial charge is 0.497 e. The van der Waals surface area contributed by atoms with Gasteiger partial charge in [0, 0.05) is 30.6 Å². The Labute approximate surface area is 114 Å². The van der Waals surface area contributed by atoms with E-state index in [1.807, 2.05) is 0 Å². The molecule has 1 aliphatic heterocycles. The third-order valence-corrected chi connectivity index (χ3v) is 3.13. The van der Waals surface area contributed by atoms with Crippen LogP contribution in [0.25, 0.3) is 0 Å². The Bertz CT molecular complexity index is 575. The summed E-state index contributed by atoms with van der Waals surface area (Å²) in [7, 11) is 1.27. The van der Waals surface area contributed by atoms with Gasteiger partial charge in [0.1, 0.15) is 5.75 Å². The average molecular weight is 283 g/mol. The molecule has 6 heteroatoms. The number of carbonyl (C=O) groups excluding carboxylic acids is 1. The fourth-order valence-electron chi connectivity index (χ4n) is 2.09. The first-order valence-electron chi connectivity index (χ1n) is 5.88. The van der Waals surface area contributed by atoms with Crippen molar-refractivity contribution in [3.05, 3.63) is 23.8 Å². The van der Waals surface area contributed by atoms with Gasteiger partial charge in [0.05, 0.1) is 12.7 Å². The summed E-state index contributed by atoms with van der Waals surface area (Å²) in [6.07, 6.45) is 0.903. The second-order valence-electron chi connectivity index (χ2n) is 4.49. The predicted molar refractivity (Wildman–Crippen MR) is 67.3 cm³/mol. The number of nitrogens with zero attached hydrogens (tertiary/aromatic N) is 1. The van der Waals surface area contributed by atoms with Gasteiger partial charge in [-0.3, -0.25) is 4.79 Å². The van der Waals surface area contributed by atoms with Gasteiger partial charge in [0.15, 0.2) is 0 Å². The lowest BCUT2D eigenvalue weighted by Crippen LogP contribution is -2.25. The van der Waals surface area contributed by atoms with Crippen molar-refractivity contribution in [2.45, 2.75) is 12.6 Å². The van der Waals surface area contributed by atoms with Crippen LogP contribution in [0.2, 0.25) is 0 Å². The first kappa shape index (κ1) is 14.3. The zero-order valence-corrected chi connectivity index (χ0v) is 10.7. The van der Waals surface area contributed by atoms with Gasteiger partial charge >= 0.3 is 6.18 Å². The molecule has 20 heavy (non-hydrogen) atoms. The maximum atomic E-state index is 12.8. The van der Waals surface area contributed by atoms with E-state index in [0.29, 0.717) is 0 Å². The number of ether oxygens (including phenoxy) is 1. The molecule has 0 aliphatic carbocycles. The van der Waals surface area contributed by atoms with Crippen molar-refractivity contribution >= 4 is 11.6 Å². The number of methoxy groups -OCH3 is 1. The molecule has 1 aliphatic rings. The minimum atomic E-state index is -4.50. The number of amides is 1. The second-order valence-corrected chi connectivity index (χ2v) is 4.49. The van der Waals surface area contributed by atoms with Gasteiger partial charge < -0.3 is 9.64 Å². The number of hydrogen-bond acceptors (Lipinski definition) is 2. The van der Waals surface area contributed by atoms with Crippen LogP contribution in [0.15, 0.2) is 18.2 Å². The minimum Gasteiger partial charge on any atom is -0.497 e. The lowest BCUT2D eigenvalue weighted by molar-refractivity contribution is -0.137. The molecule has 1 atom stereocenters. The minimum absolute atomic E-state index is 0.0479. The van der Waals surface area contributed by atoms with Crippen molar-refractivity contribution in [1.82, 2.24) is 0 Å². The molecule has 2 rings (SSSR count). The molecule has 1 aromatic rings. The van der Waals surface area contributed by atoms with Gasteiger partial charge in [0.2, 0.25) is 5.91 Å². The summed E-state index contributed by atoms with van der Waals surface area (Å²) in [6, 6.07) is 3.22. The summed E-state index contributed by atoms with van der Waals surface area (Å²) in [5, 5.41) is 0. The lowest BCUT2D eigenvalue weighted by atomic mass is 10.1. The molecule has 0 aromatic heterocycles. The Balaban J connectivity index is 2.42. The molecule has 1 amide bonds. The average Bonchev–Trinajstić information content (AvgIpc) is 2.78. The Morgan fingerprint density at radius 2 is 2.10 bits per heavy atom. The van der Waals surface area contributed by atoms with Crippen molar-refractivity contribution in [1.29, 1.82) is 0 Å². The topological polar surface area (TPSA) is 29.5 Å². The molecule has 1 unspecified atom stereocenters. The summed E-state index contributed by atoms with van der Waals surface area (Å²) >= 11 is 0. The SMILES string of the molecule is C#CC1CC(=O)N(c2cc(OC)cc(C(F)(F)F)c2)C1. The molecular formula is C14H12F3NO2. The van der Waals surface area contributed by atoms with Gasteiger partial charge in [-0.25, -0.2) is 0 Å². The number of carbonyl (C=O) groups is 1. The zero-order chi connectivity index (χ0) is 14.9. The summed E-state index contributed by atoms with van der Waals surface area (Å²) in [5.74, 6) is 1.94. The van der Waals surface area contributed by atoms with E-state index in [-0.39, 0.29) is 36.2 Å². The number of alkyl halides is 3. The highest BCUT2D eigenvalue weighted by molar-refractivity contribution is 5.96. The molecule has 0 N–H and O–H groups in total. The van der Waals surface area contributed by atoms with Crippen LogP contribution in [0, 0.1) is 18.3 Å². The molecule has 0 bridgehead atoms. The summed E-state index contributed by atoms with van der Waals surface area (Å²) in [4.78, 5) is 13.1. The van der Waals surface area contributed by atoms with Crippen LogP contribution in [0.5, 0.6) is 5.75 Å². The highest BCUT2D eigenvalue weighted by Gasteiger charge is 2.34. The van der Waals surface area contributed by atoms with E-state index in [0.717, 1.165) is 12.1 Å². The molecule has 0 radical (unpaired) electrons. The molecule has 1 aromatic carbocycles. The van der Waals surface area contributed by atoms with E-state index in [1.54, 1.807) is 0 Å². The number of terminal acetylenes is 1. The lowest BCUT2D eigenvalue weighted by Gasteiger charge is -2.19. The Morgan fingerprint density at radius 3 is 2.60 bits per heavy atom. The van der Waals surface area contributed by atoms with E-state index in [2.05, 4.69) is 5.92 Å². The van der Waals surface area contributed by atoms with Crippen LogP contribution in [-0.2, 0) is 11.0 Å². The van der Waals surface area contributed by atoms with Crippen LogP contribution in [0.4, 0.5) is 18.9 Å². The number of halogens is 3. The number of anilines is 1. The maximum Gasteiger partial charge on any atom is 0.416 e. The van der Waals surface area contributed by atoms with Gasteiger partial charge in [-0.1, -0.05) is 0 Å². The molecule has 1 fully saturated rings. The highest BCUT2D eigenvalue weighted by Crippen LogP contribution is 2.36. The molecule has 0 spiro atoms. The first-order chi connectivity index (χ1) is 9.35. The van der Waals surface area contributed by atoms with Crippen LogP contribution >= 0.6 is 0 Å². The second kappa shape index (κ2) is 5.08.